The van der Waals surface area contributed by atoms with Gasteiger partial charge in [-0.15, -0.1) is 0 Å². The summed E-state index contributed by atoms with van der Waals surface area (Å²) >= 11 is 0. The summed E-state index contributed by atoms with van der Waals surface area (Å²) in [6, 6.07) is 4.15. The van der Waals surface area contributed by atoms with Crippen molar-refractivity contribution in [3.05, 3.63) is 39.9 Å². The first kappa shape index (κ1) is 11.0. The molecule has 0 aliphatic rings. The third-order valence-corrected chi connectivity index (χ3v) is 3.57. The molecule has 0 amide bonds. The molecule has 0 saturated carbocycles. The third kappa shape index (κ3) is 1.39. The average molecular weight is 213 g/mol. The van der Waals surface area contributed by atoms with E-state index in [1.807, 2.05) is 26.8 Å². The summed E-state index contributed by atoms with van der Waals surface area (Å²) in [5, 5.41) is 14.2. The van der Waals surface area contributed by atoms with Crippen LogP contribution in [0.1, 0.15) is 27.8 Å². The quantitative estimate of drug-likeness (QED) is 0.613. The summed E-state index contributed by atoms with van der Waals surface area (Å²) in [5.74, 6) is 0.185. The maximum Gasteiger partial charge on any atom is 0.189 e. The Bertz CT molecular complexity index is 580. The highest BCUT2D eigenvalue weighted by Crippen LogP contribution is 2.36. The van der Waals surface area contributed by atoms with E-state index in [1.54, 1.807) is 0 Å². The summed E-state index contributed by atoms with van der Waals surface area (Å²) in [5.41, 5.74) is 5.61. The van der Waals surface area contributed by atoms with Crippen LogP contribution in [0.5, 0.6) is 5.75 Å². The first-order chi connectivity index (χ1) is 7.43. The summed E-state index contributed by atoms with van der Waals surface area (Å²) in [6.45, 7) is 10.2. The van der Waals surface area contributed by atoms with Gasteiger partial charge in [0.05, 0.1) is 0 Å². The summed E-state index contributed by atoms with van der Waals surface area (Å²) < 4.78 is 0. The molecule has 0 heterocycles. The molecule has 0 bridgehead atoms. The second-order valence-corrected chi connectivity index (χ2v) is 4.71. The molecule has 1 heteroatoms. The van der Waals surface area contributed by atoms with Gasteiger partial charge in [-0.2, -0.15) is 0 Å². The maximum atomic E-state index is 12.2. The Morgan fingerprint density at radius 3 is 2.06 bits per heavy atom. The van der Waals surface area contributed by atoms with E-state index in [4.69, 9.17) is 0 Å². The lowest BCUT2D eigenvalue weighted by molar-refractivity contribution is 0.356. The van der Waals surface area contributed by atoms with Crippen LogP contribution in [0.15, 0.2) is 12.1 Å². The van der Waals surface area contributed by atoms with E-state index in [9.17, 15) is 5.11 Å². The Balaban J connectivity index is 3.08. The van der Waals surface area contributed by atoms with Gasteiger partial charge in [-0.3, -0.25) is 5.11 Å². The van der Waals surface area contributed by atoms with Gasteiger partial charge >= 0.3 is 0 Å². The lowest BCUT2D eigenvalue weighted by atomic mass is 9.91. The van der Waals surface area contributed by atoms with Crippen LogP contribution in [-0.4, -0.2) is 0 Å². The molecular weight excluding hydrogens is 196 g/mol. The van der Waals surface area contributed by atoms with E-state index >= 15 is 0 Å². The van der Waals surface area contributed by atoms with E-state index in [0.29, 0.717) is 0 Å². The standard InChI is InChI=1S/C15H17O/c1-8-6-9(2)14-11(4)10(3)12(5)15(16)13(14)7-8/h6-7H,1-5H3. The second kappa shape index (κ2) is 3.51. The molecule has 0 aromatic heterocycles. The highest BCUT2D eigenvalue weighted by atomic mass is 16.3. The molecule has 83 valence electrons. The van der Waals surface area contributed by atoms with Crippen LogP contribution in [0.3, 0.4) is 0 Å². The van der Waals surface area contributed by atoms with Crippen molar-refractivity contribution in [2.75, 3.05) is 0 Å². The van der Waals surface area contributed by atoms with Gasteiger partial charge in [0.1, 0.15) is 0 Å². The minimum Gasteiger partial charge on any atom is -0.289 e. The highest BCUT2D eigenvalue weighted by molar-refractivity contribution is 5.95. The van der Waals surface area contributed by atoms with Crippen molar-refractivity contribution in [1.82, 2.24) is 0 Å². The van der Waals surface area contributed by atoms with Crippen molar-refractivity contribution in [3.8, 4) is 5.75 Å². The zero-order valence-electron chi connectivity index (χ0n) is 10.6. The molecule has 0 spiro atoms. The molecule has 2 rings (SSSR count). The van der Waals surface area contributed by atoms with Gasteiger partial charge in [-0.1, -0.05) is 11.6 Å². The molecule has 0 aliphatic heterocycles. The predicted molar refractivity (Wildman–Crippen MR) is 67.8 cm³/mol. The Morgan fingerprint density at radius 2 is 1.44 bits per heavy atom. The zero-order valence-corrected chi connectivity index (χ0v) is 10.6. The van der Waals surface area contributed by atoms with Crippen LogP contribution in [0.2, 0.25) is 0 Å². The van der Waals surface area contributed by atoms with Crippen molar-refractivity contribution in [2.24, 2.45) is 0 Å². The first-order valence-corrected chi connectivity index (χ1v) is 5.61. The number of hydrogen-bond acceptors (Lipinski definition) is 0. The van der Waals surface area contributed by atoms with Crippen LogP contribution in [0.4, 0.5) is 0 Å². The lowest BCUT2D eigenvalue weighted by Gasteiger charge is -2.13. The topological polar surface area (TPSA) is 19.9 Å². The smallest absolute Gasteiger partial charge is 0.189 e. The van der Waals surface area contributed by atoms with Gasteiger partial charge < -0.3 is 0 Å². The largest absolute Gasteiger partial charge is 0.289 e. The Kier molecular flexibility index (Phi) is 2.42. The fourth-order valence-electron chi connectivity index (χ4n) is 2.49. The SMILES string of the molecule is Cc1cc(C)c2c(C)c(C)c(C)c([O])c2c1. The minimum absolute atomic E-state index is 0.185. The van der Waals surface area contributed by atoms with E-state index < -0.39 is 0 Å². The number of benzene rings is 2. The van der Waals surface area contributed by atoms with Crippen molar-refractivity contribution in [1.29, 1.82) is 0 Å². The summed E-state index contributed by atoms with van der Waals surface area (Å²) in [7, 11) is 0. The molecule has 1 radical (unpaired) electrons. The first-order valence-electron chi connectivity index (χ1n) is 5.61. The summed E-state index contributed by atoms with van der Waals surface area (Å²) in [6.07, 6.45) is 0. The van der Waals surface area contributed by atoms with Crippen LogP contribution in [0, 0.1) is 34.6 Å². The van der Waals surface area contributed by atoms with Crippen LogP contribution < -0.4 is 0 Å². The van der Waals surface area contributed by atoms with Gasteiger partial charge in [-0.25, -0.2) is 0 Å². The average Bonchev–Trinajstić information content (AvgIpc) is 2.22. The molecule has 0 atom stereocenters. The van der Waals surface area contributed by atoms with Crippen molar-refractivity contribution < 1.29 is 5.11 Å². The molecule has 0 unspecified atom stereocenters. The number of fused-ring (bicyclic) bond motifs is 1. The molecule has 16 heavy (non-hydrogen) atoms. The van der Waals surface area contributed by atoms with Gasteiger partial charge in [-0.05, 0) is 62.8 Å². The van der Waals surface area contributed by atoms with Crippen molar-refractivity contribution >= 4 is 10.8 Å². The maximum absolute atomic E-state index is 12.2. The Labute approximate surface area is 96.7 Å². The fourth-order valence-corrected chi connectivity index (χ4v) is 2.49. The Hall–Kier alpha value is -1.50. The van der Waals surface area contributed by atoms with Crippen LogP contribution in [0.25, 0.3) is 10.8 Å². The third-order valence-electron chi connectivity index (χ3n) is 3.57. The number of aryl methyl sites for hydroxylation is 3. The van der Waals surface area contributed by atoms with Crippen molar-refractivity contribution in [3.63, 3.8) is 0 Å². The molecule has 0 saturated heterocycles. The van der Waals surface area contributed by atoms with Gasteiger partial charge in [0, 0.05) is 10.9 Å². The van der Waals surface area contributed by atoms with Crippen LogP contribution >= 0.6 is 0 Å². The monoisotopic (exact) mass is 213 g/mol. The van der Waals surface area contributed by atoms with Crippen molar-refractivity contribution in [2.45, 2.75) is 34.6 Å². The molecule has 2 aromatic carbocycles. The lowest BCUT2D eigenvalue weighted by Crippen LogP contribution is -1.93. The molecule has 2 aromatic rings. The fraction of sp³-hybridized carbons (Fsp3) is 0.333. The number of hydrogen-bond donors (Lipinski definition) is 0. The molecule has 0 aliphatic carbocycles. The molecular formula is C15H17O. The van der Waals surface area contributed by atoms with Gasteiger partial charge in [0.15, 0.2) is 5.75 Å². The van der Waals surface area contributed by atoms with E-state index in [-0.39, 0.29) is 5.75 Å². The van der Waals surface area contributed by atoms with Gasteiger partial charge in [0.25, 0.3) is 0 Å². The van der Waals surface area contributed by atoms with Gasteiger partial charge in [0.2, 0.25) is 0 Å². The molecule has 0 fully saturated rings. The van der Waals surface area contributed by atoms with E-state index in [2.05, 4.69) is 19.9 Å². The zero-order chi connectivity index (χ0) is 12.0. The summed E-state index contributed by atoms with van der Waals surface area (Å²) in [4.78, 5) is 0. The van der Waals surface area contributed by atoms with E-state index in [1.165, 1.54) is 11.1 Å². The minimum atomic E-state index is 0.185. The molecule has 0 N–H and O–H groups in total. The second-order valence-electron chi connectivity index (χ2n) is 4.71. The predicted octanol–water partition coefficient (Wildman–Crippen LogP) is 4.53. The molecule has 1 nitrogen and oxygen atoms in total. The van der Waals surface area contributed by atoms with Crippen LogP contribution in [-0.2, 0) is 5.11 Å². The normalized spacial score (nSPS) is 11.1. The number of rotatable bonds is 0. The highest BCUT2D eigenvalue weighted by Gasteiger charge is 2.14. The Morgan fingerprint density at radius 1 is 0.812 bits per heavy atom. The van der Waals surface area contributed by atoms with E-state index in [0.717, 1.165) is 27.5 Å².